The van der Waals surface area contributed by atoms with Crippen molar-refractivity contribution in [3.63, 3.8) is 0 Å². The third-order valence-electron chi connectivity index (χ3n) is 3.73. The van der Waals surface area contributed by atoms with Crippen LogP contribution in [0.15, 0.2) is 46.1 Å². The molecule has 5 nitrogen and oxygen atoms in total. The normalized spacial score (nSPS) is 16.0. The average Bonchev–Trinajstić information content (AvgIpc) is 3.05. The zero-order valence-electron chi connectivity index (χ0n) is 11.8. The molecule has 2 aromatic rings. The van der Waals surface area contributed by atoms with Gasteiger partial charge in [0.15, 0.2) is 0 Å². The second kappa shape index (κ2) is 5.87. The van der Waals surface area contributed by atoms with Crippen LogP contribution in [0.4, 0.5) is 0 Å². The molecule has 0 amide bonds. The van der Waals surface area contributed by atoms with Gasteiger partial charge in [-0.1, -0.05) is 23.7 Å². The zero-order chi connectivity index (χ0) is 15.7. The first kappa shape index (κ1) is 15.3. The van der Waals surface area contributed by atoms with Crippen LogP contribution >= 0.6 is 11.6 Å². The van der Waals surface area contributed by atoms with Gasteiger partial charge in [-0.2, -0.15) is 4.31 Å². The van der Waals surface area contributed by atoms with E-state index in [1.165, 1.54) is 10.4 Å². The lowest BCUT2D eigenvalue weighted by molar-refractivity contribution is 0.477. The summed E-state index contributed by atoms with van der Waals surface area (Å²) >= 11 is 5.70. The van der Waals surface area contributed by atoms with E-state index < -0.39 is 10.0 Å². The average molecular weight is 339 g/mol. The molecule has 1 aliphatic rings. The summed E-state index contributed by atoms with van der Waals surface area (Å²) in [6.45, 7) is 1.16. The molecule has 7 heteroatoms. The van der Waals surface area contributed by atoms with Crippen molar-refractivity contribution in [1.29, 1.82) is 0 Å². The molecule has 0 unspecified atom stereocenters. The van der Waals surface area contributed by atoms with Crippen LogP contribution in [0.1, 0.15) is 12.8 Å². The van der Waals surface area contributed by atoms with Crippen molar-refractivity contribution in [2.24, 2.45) is 0 Å². The third kappa shape index (κ3) is 2.82. The smallest absolute Gasteiger partial charge is 0.267 e. The Morgan fingerprint density at radius 2 is 1.64 bits per heavy atom. The number of H-pyrrole nitrogens is 1. The van der Waals surface area contributed by atoms with Gasteiger partial charge in [-0.05, 0) is 42.7 Å². The lowest BCUT2D eigenvalue weighted by atomic mass is 10.1. The molecule has 1 fully saturated rings. The van der Waals surface area contributed by atoms with Gasteiger partial charge in [0, 0.05) is 18.8 Å². The van der Waals surface area contributed by atoms with E-state index in [4.69, 9.17) is 11.6 Å². The second-order valence-electron chi connectivity index (χ2n) is 5.18. The van der Waals surface area contributed by atoms with Gasteiger partial charge in [-0.3, -0.25) is 4.79 Å². The van der Waals surface area contributed by atoms with Gasteiger partial charge < -0.3 is 4.98 Å². The number of sulfonamides is 1. The molecule has 0 radical (unpaired) electrons. The third-order valence-corrected chi connectivity index (χ3v) is 5.94. The summed E-state index contributed by atoms with van der Waals surface area (Å²) in [5, 5.41) is 0.122. The van der Waals surface area contributed by atoms with Crippen molar-refractivity contribution in [2.75, 3.05) is 13.1 Å². The van der Waals surface area contributed by atoms with Gasteiger partial charge in [0.1, 0.15) is 5.02 Å². The molecule has 1 aromatic carbocycles. The summed E-state index contributed by atoms with van der Waals surface area (Å²) < 4.78 is 26.4. The Hall–Kier alpha value is -1.63. The Kier molecular flexibility index (Phi) is 4.08. The molecule has 1 saturated heterocycles. The van der Waals surface area contributed by atoms with E-state index in [-0.39, 0.29) is 15.5 Å². The lowest BCUT2D eigenvalue weighted by Gasteiger charge is -2.15. The summed E-state index contributed by atoms with van der Waals surface area (Å²) in [5.41, 5.74) is 0.960. The number of hydrogen-bond acceptors (Lipinski definition) is 3. The van der Waals surface area contributed by atoms with E-state index in [1.807, 2.05) is 0 Å². The Morgan fingerprint density at radius 1 is 1.00 bits per heavy atom. The Balaban J connectivity index is 1.92. The highest BCUT2D eigenvalue weighted by Gasteiger charge is 2.26. The summed E-state index contributed by atoms with van der Waals surface area (Å²) in [6.07, 6.45) is 1.81. The molecule has 0 bridgehead atoms. The number of nitrogens with one attached hydrogen (secondary N) is 1. The van der Waals surface area contributed by atoms with Crippen molar-refractivity contribution in [2.45, 2.75) is 17.7 Å². The van der Waals surface area contributed by atoms with Crippen LogP contribution < -0.4 is 5.56 Å². The standard InChI is InChI=1S/C15H15ClN2O3S/c16-13-7-8-14(17-15(13)19)11-3-5-12(6-4-11)22(20,21)18-9-1-2-10-18/h3-8H,1-2,9-10H2,(H,17,19). The molecule has 2 heterocycles. The summed E-state index contributed by atoms with van der Waals surface area (Å²) in [6, 6.07) is 9.70. The Morgan fingerprint density at radius 3 is 2.23 bits per heavy atom. The van der Waals surface area contributed by atoms with Gasteiger partial charge in [0.05, 0.1) is 4.90 Å². The van der Waals surface area contributed by atoms with E-state index in [9.17, 15) is 13.2 Å². The van der Waals surface area contributed by atoms with Crippen LogP contribution in [0, 0.1) is 0 Å². The minimum Gasteiger partial charge on any atom is -0.321 e. The Bertz CT molecular complexity index is 838. The van der Waals surface area contributed by atoms with E-state index in [2.05, 4.69) is 4.98 Å². The first-order valence-corrected chi connectivity index (χ1v) is 8.80. The van der Waals surface area contributed by atoms with E-state index in [0.717, 1.165) is 18.4 Å². The van der Waals surface area contributed by atoms with Crippen LogP contribution in [0.3, 0.4) is 0 Å². The van der Waals surface area contributed by atoms with Crippen LogP contribution in [0.5, 0.6) is 0 Å². The highest BCUT2D eigenvalue weighted by molar-refractivity contribution is 7.89. The predicted molar refractivity (Wildman–Crippen MR) is 85.5 cm³/mol. The SMILES string of the molecule is O=c1[nH]c(-c2ccc(S(=O)(=O)N3CCCC3)cc2)ccc1Cl. The highest BCUT2D eigenvalue weighted by Crippen LogP contribution is 2.23. The fourth-order valence-electron chi connectivity index (χ4n) is 2.51. The quantitative estimate of drug-likeness (QED) is 0.934. The number of rotatable bonds is 3. The van der Waals surface area contributed by atoms with Crippen LogP contribution in [-0.4, -0.2) is 30.8 Å². The fourth-order valence-corrected chi connectivity index (χ4v) is 4.14. The molecule has 1 N–H and O–H groups in total. The number of aromatic nitrogens is 1. The van der Waals surface area contributed by atoms with Gasteiger partial charge in [-0.25, -0.2) is 8.42 Å². The van der Waals surface area contributed by atoms with Crippen molar-refractivity contribution in [3.8, 4) is 11.3 Å². The predicted octanol–water partition coefficient (Wildman–Crippen LogP) is 2.48. The number of halogens is 1. The van der Waals surface area contributed by atoms with Crippen LogP contribution in [0.2, 0.25) is 5.02 Å². The van der Waals surface area contributed by atoms with Gasteiger partial charge in [-0.15, -0.1) is 0 Å². The molecule has 1 aromatic heterocycles. The molecule has 0 spiro atoms. The largest absolute Gasteiger partial charge is 0.321 e. The molecule has 3 rings (SSSR count). The number of hydrogen-bond donors (Lipinski definition) is 1. The van der Waals surface area contributed by atoms with E-state index in [0.29, 0.717) is 18.8 Å². The van der Waals surface area contributed by atoms with Crippen LogP contribution in [-0.2, 0) is 10.0 Å². The van der Waals surface area contributed by atoms with E-state index >= 15 is 0 Å². The fraction of sp³-hybridized carbons (Fsp3) is 0.267. The van der Waals surface area contributed by atoms with Crippen molar-refractivity contribution >= 4 is 21.6 Å². The maximum Gasteiger partial charge on any atom is 0.267 e. The van der Waals surface area contributed by atoms with Crippen molar-refractivity contribution in [1.82, 2.24) is 9.29 Å². The molecule has 116 valence electrons. The molecular formula is C15H15ClN2O3S. The van der Waals surface area contributed by atoms with Crippen molar-refractivity contribution in [3.05, 3.63) is 51.8 Å². The summed E-state index contributed by atoms with van der Waals surface area (Å²) in [5.74, 6) is 0. The minimum atomic E-state index is -3.41. The Labute approximate surface area is 133 Å². The number of benzene rings is 1. The first-order valence-electron chi connectivity index (χ1n) is 6.98. The summed E-state index contributed by atoms with van der Waals surface area (Å²) in [7, 11) is -3.41. The first-order chi connectivity index (χ1) is 10.5. The summed E-state index contributed by atoms with van der Waals surface area (Å²) in [4.78, 5) is 14.5. The topological polar surface area (TPSA) is 70.2 Å². The van der Waals surface area contributed by atoms with E-state index in [1.54, 1.807) is 30.3 Å². The molecule has 0 aliphatic carbocycles. The monoisotopic (exact) mass is 338 g/mol. The van der Waals surface area contributed by atoms with Gasteiger partial charge >= 0.3 is 0 Å². The molecule has 0 saturated carbocycles. The highest BCUT2D eigenvalue weighted by atomic mass is 35.5. The van der Waals surface area contributed by atoms with Crippen LogP contribution in [0.25, 0.3) is 11.3 Å². The number of aromatic amines is 1. The number of nitrogens with zero attached hydrogens (tertiary/aromatic N) is 1. The minimum absolute atomic E-state index is 0.122. The lowest BCUT2D eigenvalue weighted by Crippen LogP contribution is -2.27. The maximum absolute atomic E-state index is 12.4. The zero-order valence-corrected chi connectivity index (χ0v) is 13.3. The number of pyridine rings is 1. The maximum atomic E-state index is 12.4. The molecule has 1 aliphatic heterocycles. The second-order valence-corrected chi connectivity index (χ2v) is 7.53. The molecule has 0 atom stereocenters. The van der Waals surface area contributed by atoms with Crippen molar-refractivity contribution < 1.29 is 8.42 Å². The molecular weight excluding hydrogens is 324 g/mol. The molecule has 22 heavy (non-hydrogen) atoms. The van der Waals surface area contributed by atoms with Gasteiger partial charge in [0.2, 0.25) is 10.0 Å². The van der Waals surface area contributed by atoms with Gasteiger partial charge in [0.25, 0.3) is 5.56 Å².